The first-order valence-corrected chi connectivity index (χ1v) is 7.42. The number of likely N-dealkylation sites (tertiary alicyclic amines) is 1. The molecule has 1 amide bonds. The maximum absolute atomic E-state index is 12.3. The number of carbonyl (C=O) groups is 2. The smallest absolute Gasteiger partial charge is 0.410 e. The number of nitrogens with zero attached hydrogens (tertiary/aromatic N) is 1. The van der Waals surface area contributed by atoms with Crippen LogP contribution < -0.4 is 0 Å². The van der Waals surface area contributed by atoms with Gasteiger partial charge in [-0.2, -0.15) is 0 Å². The van der Waals surface area contributed by atoms with Crippen molar-refractivity contribution in [3.8, 4) is 0 Å². The molecule has 0 spiro atoms. The van der Waals surface area contributed by atoms with E-state index in [0.29, 0.717) is 25.9 Å². The van der Waals surface area contributed by atoms with Crippen LogP contribution in [-0.4, -0.2) is 35.5 Å². The molecule has 1 aliphatic heterocycles. The summed E-state index contributed by atoms with van der Waals surface area (Å²) in [5, 5.41) is 0. The SMILES string of the molecule is CC(C)(C)OC(=O)N1CCCC(=O)C(c2ccccc2)C1. The largest absolute Gasteiger partial charge is 0.444 e. The molecule has 1 aromatic rings. The molecule has 1 aliphatic rings. The molecule has 0 aliphatic carbocycles. The first-order chi connectivity index (χ1) is 9.87. The van der Waals surface area contributed by atoms with E-state index in [0.717, 1.165) is 5.56 Å². The van der Waals surface area contributed by atoms with Crippen LogP contribution in [-0.2, 0) is 9.53 Å². The second-order valence-electron chi connectivity index (χ2n) is 6.46. The van der Waals surface area contributed by atoms with Crippen LogP contribution in [0, 0.1) is 0 Å². The van der Waals surface area contributed by atoms with Gasteiger partial charge in [-0.25, -0.2) is 4.79 Å². The zero-order valence-electron chi connectivity index (χ0n) is 13.0. The monoisotopic (exact) mass is 289 g/mol. The maximum Gasteiger partial charge on any atom is 0.410 e. The van der Waals surface area contributed by atoms with Gasteiger partial charge in [0.1, 0.15) is 11.4 Å². The van der Waals surface area contributed by atoms with Gasteiger partial charge in [0, 0.05) is 19.5 Å². The Morgan fingerprint density at radius 2 is 1.90 bits per heavy atom. The van der Waals surface area contributed by atoms with E-state index in [9.17, 15) is 9.59 Å². The molecule has 114 valence electrons. The summed E-state index contributed by atoms with van der Waals surface area (Å²) in [5.41, 5.74) is 0.452. The fraction of sp³-hybridized carbons (Fsp3) is 0.529. The van der Waals surface area contributed by atoms with Crippen molar-refractivity contribution in [2.75, 3.05) is 13.1 Å². The summed E-state index contributed by atoms with van der Waals surface area (Å²) >= 11 is 0. The van der Waals surface area contributed by atoms with Gasteiger partial charge in [-0.1, -0.05) is 30.3 Å². The van der Waals surface area contributed by atoms with E-state index in [1.54, 1.807) is 4.90 Å². The predicted molar refractivity (Wildman–Crippen MR) is 81.2 cm³/mol. The Balaban J connectivity index is 2.15. The van der Waals surface area contributed by atoms with Crippen LogP contribution in [0.25, 0.3) is 0 Å². The number of ketones is 1. The van der Waals surface area contributed by atoms with Crippen LogP contribution in [0.2, 0.25) is 0 Å². The first kappa shape index (κ1) is 15.5. The van der Waals surface area contributed by atoms with Crippen LogP contribution >= 0.6 is 0 Å². The maximum atomic E-state index is 12.3. The number of carbonyl (C=O) groups excluding carboxylic acids is 2. The van der Waals surface area contributed by atoms with Crippen molar-refractivity contribution in [2.45, 2.75) is 45.1 Å². The molecule has 21 heavy (non-hydrogen) atoms. The van der Waals surface area contributed by atoms with Gasteiger partial charge >= 0.3 is 6.09 Å². The molecule has 4 nitrogen and oxygen atoms in total. The molecule has 0 radical (unpaired) electrons. The van der Waals surface area contributed by atoms with Crippen molar-refractivity contribution in [3.63, 3.8) is 0 Å². The molecule has 1 unspecified atom stereocenters. The standard InChI is InChI=1S/C17H23NO3/c1-17(2,3)21-16(20)18-11-7-10-15(19)14(12-18)13-8-5-4-6-9-13/h4-6,8-9,14H,7,10-12H2,1-3H3. The van der Waals surface area contributed by atoms with E-state index in [1.807, 2.05) is 51.1 Å². The molecular weight excluding hydrogens is 266 g/mol. The molecule has 0 bridgehead atoms. The Labute approximate surface area is 126 Å². The minimum absolute atomic E-state index is 0.201. The van der Waals surface area contributed by atoms with Gasteiger partial charge in [0.15, 0.2) is 0 Å². The van der Waals surface area contributed by atoms with Crippen molar-refractivity contribution in [1.29, 1.82) is 0 Å². The number of hydrogen-bond donors (Lipinski definition) is 0. The highest BCUT2D eigenvalue weighted by Gasteiger charge is 2.30. The molecule has 1 atom stereocenters. The van der Waals surface area contributed by atoms with Crippen LogP contribution in [0.4, 0.5) is 4.79 Å². The van der Waals surface area contributed by atoms with E-state index < -0.39 is 5.60 Å². The summed E-state index contributed by atoms with van der Waals surface area (Å²) in [7, 11) is 0. The summed E-state index contributed by atoms with van der Waals surface area (Å²) in [6.07, 6.45) is 0.874. The van der Waals surface area contributed by atoms with Crippen molar-refractivity contribution < 1.29 is 14.3 Å². The Bertz CT molecular complexity index is 505. The summed E-state index contributed by atoms with van der Waals surface area (Å²) in [6.45, 7) is 6.52. The third kappa shape index (κ3) is 4.31. The summed E-state index contributed by atoms with van der Waals surface area (Å²) in [6, 6.07) is 9.66. The Morgan fingerprint density at radius 1 is 1.24 bits per heavy atom. The highest BCUT2D eigenvalue weighted by molar-refractivity contribution is 5.87. The summed E-state index contributed by atoms with van der Waals surface area (Å²) < 4.78 is 5.43. The van der Waals surface area contributed by atoms with Gasteiger partial charge < -0.3 is 9.64 Å². The molecule has 0 N–H and O–H groups in total. The fourth-order valence-electron chi connectivity index (χ4n) is 2.50. The van der Waals surface area contributed by atoms with Crippen molar-refractivity contribution in [2.24, 2.45) is 0 Å². The quantitative estimate of drug-likeness (QED) is 0.796. The highest BCUT2D eigenvalue weighted by atomic mass is 16.6. The topological polar surface area (TPSA) is 46.6 Å². The third-order valence-corrected chi connectivity index (χ3v) is 3.50. The predicted octanol–water partition coefficient (Wildman–Crippen LogP) is 3.37. The number of amides is 1. The van der Waals surface area contributed by atoms with Crippen molar-refractivity contribution in [1.82, 2.24) is 4.90 Å². The Morgan fingerprint density at radius 3 is 2.52 bits per heavy atom. The number of rotatable bonds is 1. The van der Waals surface area contributed by atoms with Gasteiger partial charge in [-0.05, 0) is 32.8 Å². The molecule has 1 heterocycles. The summed E-state index contributed by atoms with van der Waals surface area (Å²) in [4.78, 5) is 26.2. The Kier molecular flexibility index (Phi) is 4.66. The minimum Gasteiger partial charge on any atom is -0.444 e. The second kappa shape index (κ2) is 6.29. The van der Waals surface area contributed by atoms with Crippen LogP contribution in [0.3, 0.4) is 0 Å². The average molecular weight is 289 g/mol. The lowest BCUT2D eigenvalue weighted by atomic mass is 9.93. The van der Waals surface area contributed by atoms with Gasteiger partial charge in [-0.15, -0.1) is 0 Å². The number of Topliss-reactive ketones (excluding diaryl/α,β-unsaturated/α-hetero) is 1. The van der Waals surface area contributed by atoms with E-state index in [4.69, 9.17) is 4.74 Å². The molecule has 2 rings (SSSR count). The minimum atomic E-state index is -0.518. The molecule has 4 heteroatoms. The van der Waals surface area contributed by atoms with Gasteiger partial charge in [0.05, 0.1) is 5.92 Å². The average Bonchev–Trinajstić information content (AvgIpc) is 2.60. The van der Waals surface area contributed by atoms with Crippen LogP contribution in [0.5, 0.6) is 0 Å². The normalized spacial score (nSPS) is 20.0. The van der Waals surface area contributed by atoms with Crippen LogP contribution in [0.1, 0.15) is 45.1 Å². The molecule has 1 aromatic carbocycles. The molecule has 1 saturated heterocycles. The highest BCUT2D eigenvalue weighted by Crippen LogP contribution is 2.24. The molecular formula is C17H23NO3. The van der Waals surface area contributed by atoms with Gasteiger partial charge in [0.25, 0.3) is 0 Å². The van der Waals surface area contributed by atoms with Crippen molar-refractivity contribution >= 4 is 11.9 Å². The fourth-order valence-corrected chi connectivity index (χ4v) is 2.50. The van der Waals surface area contributed by atoms with Crippen molar-refractivity contribution in [3.05, 3.63) is 35.9 Å². The number of ether oxygens (including phenoxy) is 1. The molecule has 0 aromatic heterocycles. The van der Waals surface area contributed by atoms with E-state index in [2.05, 4.69) is 0 Å². The van der Waals surface area contributed by atoms with E-state index in [-0.39, 0.29) is 17.8 Å². The Hall–Kier alpha value is -1.84. The number of benzene rings is 1. The van der Waals surface area contributed by atoms with Gasteiger partial charge in [-0.3, -0.25) is 4.79 Å². The number of hydrogen-bond acceptors (Lipinski definition) is 3. The van der Waals surface area contributed by atoms with Gasteiger partial charge in [0.2, 0.25) is 0 Å². The lowest BCUT2D eigenvalue weighted by molar-refractivity contribution is -0.120. The molecule has 0 saturated carbocycles. The molecule has 1 fully saturated rings. The van der Waals surface area contributed by atoms with E-state index in [1.165, 1.54) is 0 Å². The second-order valence-corrected chi connectivity index (χ2v) is 6.46. The lowest BCUT2D eigenvalue weighted by Crippen LogP contribution is -2.39. The summed E-state index contributed by atoms with van der Waals surface area (Å²) in [5.74, 6) is -0.0477. The first-order valence-electron chi connectivity index (χ1n) is 7.42. The van der Waals surface area contributed by atoms with E-state index >= 15 is 0 Å². The lowest BCUT2D eigenvalue weighted by Gasteiger charge is -2.28. The zero-order chi connectivity index (χ0) is 15.5. The third-order valence-electron chi connectivity index (χ3n) is 3.50. The zero-order valence-corrected chi connectivity index (χ0v) is 13.0. The van der Waals surface area contributed by atoms with Crippen LogP contribution in [0.15, 0.2) is 30.3 Å².